The lowest BCUT2D eigenvalue weighted by molar-refractivity contribution is -0.144. The highest BCUT2D eigenvalue weighted by molar-refractivity contribution is 6.31. The van der Waals surface area contributed by atoms with Crippen LogP contribution in [0.3, 0.4) is 0 Å². The van der Waals surface area contributed by atoms with Crippen LogP contribution in [0.1, 0.15) is 18.9 Å². The van der Waals surface area contributed by atoms with Crippen molar-refractivity contribution in [2.24, 2.45) is 5.73 Å². The monoisotopic (exact) mass is 241 g/mol. The first kappa shape index (κ1) is 13.0. The van der Waals surface area contributed by atoms with Crippen molar-refractivity contribution in [1.29, 1.82) is 0 Å². The summed E-state index contributed by atoms with van der Waals surface area (Å²) < 4.78 is 4.83. The number of hydrogen-bond acceptors (Lipinski definition) is 3. The molecular formula is C12H16ClNO2. The number of rotatable bonds is 5. The van der Waals surface area contributed by atoms with Gasteiger partial charge in [0.05, 0.1) is 6.61 Å². The molecule has 2 N–H and O–H groups in total. The maximum atomic E-state index is 11.3. The van der Waals surface area contributed by atoms with Crippen molar-refractivity contribution in [2.75, 3.05) is 6.61 Å². The van der Waals surface area contributed by atoms with E-state index in [0.717, 1.165) is 5.56 Å². The van der Waals surface area contributed by atoms with Gasteiger partial charge < -0.3 is 10.5 Å². The summed E-state index contributed by atoms with van der Waals surface area (Å²) in [6.07, 6.45) is 1.22. The maximum absolute atomic E-state index is 11.3. The average Bonchev–Trinajstić information content (AvgIpc) is 2.28. The number of ether oxygens (including phenoxy) is 1. The third-order valence-electron chi connectivity index (χ3n) is 2.27. The van der Waals surface area contributed by atoms with Crippen molar-refractivity contribution in [2.45, 2.75) is 25.8 Å². The Hall–Kier alpha value is -1.06. The van der Waals surface area contributed by atoms with E-state index >= 15 is 0 Å². The molecule has 1 atom stereocenters. The number of esters is 1. The highest BCUT2D eigenvalue weighted by atomic mass is 35.5. The maximum Gasteiger partial charge on any atom is 0.322 e. The minimum atomic E-state index is -0.573. The molecule has 1 unspecified atom stereocenters. The molecule has 0 saturated heterocycles. The van der Waals surface area contributed by atoms with E-state index in [1.54, 1.807) is 6.92 Å². The van der Waals surface area contributed by atoms with Crippen molar-refractivity contribution >= 4 is 17.6 Å². The number of carbonyl (C=O) groups excluding carboxylic acids is 1. The van der Waals surface area contributed by atoms with E-state index in [9.17, 15) is 4.79 Å². The summed E-state index contributed by atoms with van der Waals surface area (Å²) in [5.74, 6) is -0.352. The molecule has 1 rings (SSSR count). The van der Waals surface area contributed by atoms with Crippen LogP contribution in [0.15, 0.2) is 24.3 Å². The number of carbonyl (C=O) groups is 1. The molecule has 4 heteroatoms. The van der Waals surface area contributed by atoms with Crippen molar-refractivity contribution < 1.29 is 9.53 Å². The summed E-state index contributed by atoms with van der Waals surface area (Å²) in [6, 6.07) is 6.97. The molecule has 0 spiro atoms. The van der Waals surface area contributed by atoms with Crippen LogP contribution in [0.25, 0.3) is 0 Å². The van der Waals surface area contributed by atoms with Crippen LogP contribution in [-0.2, 0) is 16.0 Å². The zero-order chi connectivity index (χ0) is 12.0. The topological polar surface area (TPSA) is 52.3 Å². The van der Waals surface area contributed by atoms with Crippen molar-refractivity contribution in [1.82, 2.24) is 0 Å². The minimum Gasteiger partial charge on any atom is -0.465 e. The summed E-state index contributed by atoms with van der Waals surface area (Å²) in [5.41, 5.74) is 6.69. The number of aryl methyl sites for hydroxylation is 1. The van der Waals surface area contributed by atoms with Gasteiger partial charge in [-0.05, 0) is 31.4 Å². The first-order valence-electron chi connectivity index (χ1n) is 5.30. The summed E-state index contributed by atoms with van der Waals surface area (Å²) in [5, 5.41) is 0.707. The Morgan fingerprint density at radius 1 is 1.50 bits per heavy atom. The Kier molecular flexibility index (Phi) is 5.29. The highest BCUT2D eigenvalue weighted by Gasteiger charge is 2.14. The molecule has 16 heavy (non-hydrogen) atoms. The van der Waals surface area contributed by atoms with Gasteiger partial charge in [0.2, 0.25) is 0 Å². The van der Waals surface area contributed by atoms with Crippen LogP contribution in [0.4, 0.5) is 0 Å². The first-order valence-corrected chi connectivity index (χ1v) is 5.68. The van der Waals surface area contributed by atoms with Crippen LogP contribution in [-0.4, -0.2) is 18.6 Å². The predicted molar refractivity (Wildman–Crippen MR) is 64.4 cm³/mol. The molecule has 0 saturated carbocycles. The molecule has 0 amide bonds. The van der Waals surface area contributed by atoms with E-state index in [-0.39, 0.29) is 5.97 Å². The van der Waals surface area contributed by atoms with Crippen molar-refractivity contribution in [3.63, 3.8) is 0 Å². The van der Waals surface area contributed by atoms with E-state index in [1.165, 1.54) is 0 Å². The molecule has 0 aliphatic rings. The Morgan fingerprint density at radius 3 is 2.81 bits per heavy atom. The van der Waals surface area contributed by atoms with Gasteiger partial charge in [0.1, 0.15) is 6.04 Å². The SMILES string of the molecule is CCOC(=O)C(N)CCc1ccccc1Cl. The quantitative estimate of drug-likeness (QED) is 0.804. The number of halogens is 1. The van der Waals surface area contributed by atoms with Gasteiger partial charge in [0, 0.05) is 5.02 Å². The van der Waals surface area contributed by atoms with Crippen LogP contribution in [0.2, 0.25) is 5.02 Å². The largest absolute Gasteiger partial charge is 0.465 e. The molecule has 1 aromatic carbocycles. The second kappa shape index (κ2) is 6.51. The average molecular weight is 242 g/mol. The fourth-order valence-electron chi connectivity index (χ4n) is 1.38. The molecule has 0 fully saturated rings. The molecule has 88 valence electrons. The second-order valence-corrected chi connectivity index (χ2v) is 3.90. The van der Waals surface area contributed by atoms with Gasteiger partial charge in [-0.2, -0.15) is 0 Å². The van der Waals surface area contributed by atoms with Gasteiger partial charge >= 0.3 is 5.97 Å². The Labute approximate surface area is 101 Å². The Morgan fingerprint density at radius 2 is 2.19 bits per heavy atom. The summed E-state index contributed by atoms with van der Waals surface area (Å²) in [7, 11) is 0. The van der Waals surface area contributed by atoms with Crippen LogP contribution >= 0.6 is 11.6 Å². The zero-order valence-electron chi connectivity index (χ0n) is 9.28. The first-order chi connectivity index (χ1) is 7.65. The van der Waals surface area contributed by atoms with E-state index < -0.39 is 6.04 Å². The van der Waals surface area contributed by atoms with Gasteiger partial charge in [-0.25, -0.2) is 0 Å². The molecule has 3 nitrogen and oxygen atoms in total. The van der Waals surface area contributed by atoms with Gasteiger partial charge in [0.25, 0.3) is 0 Å². The normalized spacial score (nSPS) is 12.2. The number of nitrogens with two attached hydrogens (primary N) is 1. The van der Waals surface area contributed by atoms with Crippen LogP contribution < -0.4 is 5.73 Å². The van der Waals surface area contributed by atoms with Crippen molar-refractivity contribution in [3.8, 4) is 0 Å². The van der Waals surface area contributed by atoms with E-state index in [1.807, 2.05) is 24.3 Å². The van der Waals surface area contributed by atoms with Gasteiger partial charge in [-0.1, -0.05) is 29.8 Å². The number of hydrogen-bond donors (Lipinski definition) is 1. The smallest absolute Gasteiger partial charge is 0.322 e. The lowest BCUT2D eigenvalue weighted by atomic mass is 10.1. The Balaban J connectivity index is 2.46. The lowest BCUT2D eigenvalue weighted by Crippen LogP contribution is -2.32. The van der Waals surface area contributed by atoms with Gasteiger partial charge in [0.15, 0.2) is 0 Å². The molecule has 0 aliphatic carbocycles. The number of benzene rings is 1. The molecule has 0 aromatic heterocycles. The van der Waals surface area contributed by atoms with Crippen molar-refractivity contribution in [3.05, 3.63) is 34.9 Å². The summed E-state index contributed by atoms with van der Waals surface area (Å²) in [6.45, 7) is 2.12. The Bertz CT molecular complexity index is 355. The second-order valence-electron chi connectivity index (χ2n) is 3.49. The summed E-state index contributed by atoms with van der Waals surface area (Å²) >= 11 is 5.99. The standard InChI is InChI=1S/C12H16ClNO2/c1-2-16-12(15)11(14)8-7-9-5-3-4-6-10(9)13/h3-6,11H,2,7-8,14H2,1H3. The summed E-state index contributed by atoms with van der Waals surface area (Å²) in [4.78, 5) is 11.3. The fraction of sp³-hybridized carbons (Fsp3) is 0.417. The van der Waals surface area contributed by atoms with Crippen LogP contribution in [0.5, 0.6) is 0 Å². The zero-order valence-corrected chi connectivity index (χ0v) is 10.0. The van der Waals surface area contributed by atoms with E-state index in [0.29, 0.717) is 24.5 Å². The molecule has 0 radical (unpaired) electrons. The molecule has 0 aliphatic heterocycles. The third kappa shape index (κ3) is 3.83. The molecule has 1 aromatic rings. The third-order valence-corrected chi connectivity index (χ3v) is 2.64. The molecule has 0 heterocycles. The van der Waals surface area contributed by atoms with Gasteiger partial charge in [-0.3, -0.25) is 4.79 Å². The lowest BCUT2D eigenvalue weighted by Gasteiger charge is -2.10. The molecular weight excluding hydrogens is 226 g/mol. The van der Waals surface area contributed by atoms with E-state index in [4.69, 9.17) is 22.1 Å². The van der Waals surface area contributed by atoms with Gasteiger partial charge in [-0.15, -0.1) is 0 Å². The van der Waals surface area contributed by atoms with Crippen LogP contribution in [0, 0.1) is 0 Å². The fourth-order valence-corrected chi connectivity index (χ4v) is 1.61. The van der Waals surface area contributed by atoms with E-state index in [2.05, 4.69) is 0 Å². The minimum absolute atomic E-state index is 0.352. The predicted octanol–water partition coefficient (Wildman–Crippen LogP) is 2.16. The molecule has 0 bridgehead atoms. The highest BCUT2D eigenvalue weighted by Crippen LogP contribution is 2.17.